The van der Waals surface area contributed by atoms with Gasteiger partial charge in [0.1, 0.15) is 11.6 Å². The third kappa shape index (κ3) is 4.30. The van der Waals surface area contributed by atoms with Crippen molar-refractivity contribution in [2.45, 2.75) is 20.4 Å². The topological polar surface area (TPSA) is 29.3 Å². The van der Waals surface area contributed by atoms with E-state index in [2.05, 4.69) is 29.8 Å². The highest BCUT2D eigenvalue weighted by Gasteiger charge is 2.16. The Hall–Kier alpha value is -0.520. The van der Waals surface area contributed by atoms with E-state index in [0.717, 1.165) is 6.54 Å². The maximum absolute atomic E-state index is 13.9. The molecule has 5 heteroatoms. The van der Waals surface area contributed by atoms with E-state index in [9.17, 15) is 8.78 Å². The molecule has 0 aliphatic heterocycles. The predicted molar refractivity (Wildman–Crippen MR) is 73.2 cm³/mol. The fourth-order valence-electron chi connectivity index (χ4n) is 1.87. The number of nitrogens with zero attached hydrogens (tertiary/aromatic N) is 1. The van der Waals surface area contributed by atoms with Crippen LogP contribution in [0.5, 0.6) is 0 Å². The average Bonchev–Trinajstić information content (AvgIpc) is 2.29. The van der Waals surface area contributed by atoms with Gasteiger partial charge in [-0.3, -0.25) is 4.90 Å². The van der Waals surface area contributed by atoms with E-state index < -0.39 is 11.6 Å². The van der Waals surface area contributed by atoms with Gasteiger partial charge in [-0.15, -0.1) is 0 Å². The summed E-state index contributed by atoms with van der Waals surface area (Å²) in [4.78, 5) is 1.97. The van der Waals surface area contributed by atoms with Gasteiger partial charge in [-0.2, -0.15) is 0 Å². The second-order valence-electron chi connectivity index (χ2n) is 4.74. The molecule has 2 N–H and O–H groups in total. The summed E-state index contributed by atoms with van der Waals surface area (Å²) in [5.41, 5.74) is 5.62. The van der Waals surface area contributed by atoms with Gasteiger partial charge in [0.2, 0.25) is 0 Å². The predicted octanol–water partition coefficient (Wildman–Crippen LogP) is 3.14. The molecule has 0 unspecified atom stereocenters. The minimum atomic E-state index is -0.527. The minimum absolute atomic E-state index is 0.0958. The Kier molecular flexibility index (Phi) is 6.18. The number of hydrogen-bond acceptors (Lipinski definition) is 2. The molecule has 0 bridgehead atoms. The molecule has 0 aliphatic carbocycles. The largest absolute Gasteiger partial charge is 0.329 e. The van der Waals surface area contributed by atoms with Crippen LogP contribution >= 0.6 is 15.9 Å². The van der Waals surface area contributed by atoms with Crippen molar-refractivity contribution in [3.63, 3.8) is 0 Å². The van der Waals surface area contributed by atoms with Crippen LogP contribution in [0, 0.1) is 17.6 Å². The number of rotatable bonds is 6. The van der Waals surface area contributed by atoms with Crippen molar-refractivity contribution < 1.29 is 8.78 Å². The summed E-state index contributed by atoms with van der Waals surface area (Å²) in [7, 11) is 0. The van der Waals surface area contributed by atoms with Crippen molar-refractivity contribution in [3.8, 4) is 0 Å². The maximum Gasteiger partial charge on any atom is 0.144 e. The lowest BCUT2D eigenvalue weighted by Crippen LogP contribution is -2.32. The van der Waals surface area contributed by atoms with Crippen LogP contribution in [-0.2, 0) is 6.54 Å². The van der Waals surface area contributed by atoms with Gasteiger partial charge in [0.15, 0.2) is 0 Å². The van der Waals surface area contributed by atoms with Crippen molar-refractivity contribution in [3.05, 3.63) is 33.8 Å². The van der Waals surface area contributed by atoms with Crippen LogP contribution < -0.4 is 5.73 Å². The van der Waals surface area contributed by atoms with Crippen molar-refractivity contribution in [1.29, 1.82) is 0 Å². The Labute approximate surface area is 115 Å². The lowest BCUT2D eigenvalue weighted by atomic mass is 10.1. The third-order valence-electron chi connectivity index (χ3n) is 2.59. The van der Waals surface area contributed by atoms with Gasteiger partial charge in [0, 0.05) is 31.7 Å². The zero-order valence-electron chi connectivity index (χ0n) is 10.7. The Morgan fingerprint density at radius 1 is 1.33 bits per heavy atom. The first-order valence-corrected chi connectivity index (χ1v) is 6.79. The van der Waals surface area contributed by atoms with E-state index in [1.807, 2.05) is 4.90 Å². The third-order valence-corrected chi connectivity index (χ3v) is 3.20. The number of nitrogens with two attached hydrogens (primary N) is 1. The maximum atomic E-state index is 13.9. The lowest BCUT2D eigenvalue weighted by Gasteiger charge is -2.24. The molecule has 1 rings (SSSR count). The van der Waals surface area contributed by atoms with Crippen LogP contribution in [-0.4, -0.2) is 24.5 Å². The Morgan fingerprint density at radius 3 is 2.56 bits per heavy atom. The van der Waals surface area contributed by atoms with Gasteiger partial charge in [-0.05, 0) is 34.0 Å². The molecule has 18 heavy (non-hydrogen) atoms. The summed E-state index contributed by atoms with van der Waals surface area (Å²) < 4.78 is 27.8. The van der Waals surface area contributed by atoms with Crippen molar-refractivity contribution >= 4 is 15.9 Å². The highest BCUT2D eigenvalue weighted by atomic mass is 79.9. The number of halogens is 3. The summed E-state index contributed by atoms with van der Waals surface area (Å²) in [6.07, 6.45) is 0. The van der Waals surface area contributed by atoms with E-state index >= 15 is 0 Å². The number of hydrogen-bond donors (Lipinski definition) is 1. The van der Waals surface area contributed by atoms with Gasteiger partial charge >= 0.3 is 0 Å². The molecule has 0 radical (unpaired) electrons. The van der Waals surface area contributed by atoms with Gasteiger partial charge in [-0.1, -0.05) is 13.8 Å². The zero-order chi connectivity index (χ0) is 13.7. The molecule has 0 spiro atoms. The average molecular weight is 321 g/mol. The van der Waals surface area contributed by atoms with Crippen molar-refractivity contribution in [1.82, 2.24) is 4.90 Å². The van der Waals surface area contributed by atoms with Gasteiger partial charge in [0.25, 0.3) is 0 Å². The van der Waals surface area contributed by atoms with Crippen LogP contribution in [0.4, 0.5) is 8.78 Å². The summed E-state index contributed by atoms with van der Waals surface area (Å²) >= 11 is 3.08. The fraction of sp³-hybridized carbons (Fsp3) is 0.538. The fourth-order valence-corrected chi connectivity index (χ4v) is 2.24. The molecule has 0 atom stereocenters. The molecule has 0 fully saturated rings. The van der Waals surface area contributed by atoms with Crippen LogP contribution in [0.2, 0.25) is 0 Å². The van der Waals surface area contributed by atoms with Crippen molar-refractivity contribution in [2.24, 2.45) is 11.7 Å². The molecule has 0 saturated heterocycles. The summed E-state index contributed by atoms with van der Waals surface area (Å²) in [6.45, 7) is 6.25. The Balaban J connectivity index is 2.89. The monoisotopic (exact) mass is 320 g/mol. The Morgan fingerprint density at radius 2 is 2.00 bits per heavy atom. The SMILES string of the molecule is CC(C)CN(CCN)Cc1c(F)ccc(Br)c1F. The Bertz CT molecular complexity index is 397. The molecule has 0 saturated carbocycles. The van der Waals surface area contributed by atoms with Crippen LogP contribution in [0.15, 0.2) is 16.6 Å². The molecule has 0 aliphatic rings. The van der Waals surface area contributed by atoms with E-state index in [1.165, 1.54) is 12.1 Å². The normalized spacial score (nSPS) is 11.6. The molecule has 0 heterocycles. The number of benzene rings is 1. The molecule has 1 aromatic carbocycles. The zero-order valence-corrected chi connectivity index (χ0v) is 12.3. The minimum Gasteiger partial charge on any atom is -0.329 e. The molecule has 1 aromatic rings. The van der Waals surface area contributed by atoms with Crippen LogP contribution in [0.1, 0.15) is 19.4 Å². The molecule has 0 amide bonds. The molecular weight excluding hydrogens is 302 g/mol. The second kappa shape index (κ2) is 7.16. The van der Waals surface area contributed by atoms with Crippen molar-refractivity contribution in [2.75, 3.05) is 19.6 Å². The standard InChI is InChI=1S/C13H19BrF2N2/c1-9(2)7-18(6-5-17)8-10-12(15)4-3-11(14)13(10)16/h3-4,9H,5-8,17H2,1-2H3. The molecule has 102 valence electrons. The van der Waals surface area contributed by atoms with E-state index in [-0.39, 0.29) is 16.6 Å². The quantitative estimate of drug-likeness (QED) is 0.816. The summed E-state index contributed by atoms with van der Waals surface area (Å²) in [5, 5.41) is 0. The molecule has 2 nitrogen and oxygen atoms in total. The van der Waals surface area contributed by atoms with E-state index in [1.54, 1.807) is 0 Å². The van der Waals surface area contributed by atoms with Gasteiger partial charge in [0.05, 0.1) is 4.47 Å². The first-order valence-electron chi connectivity index (χ1n) is 6.00. The first-order chi connectivity index (χ1) is 8.45. The summed E-state index contributed by atoms with van der Waals surface area (Å²) in [5.74, 6) is -0.614. The summed E-state index contributed by atoms with van der Waals surface area (Å²) in [6, 6.07) is 2.66. The molecular formula is C13H19BrF2N2. The highest BCUT2D eigenvalue weighted by molar-refractivity contribution is 9.10. The second-order valence-corrected chi connectivity index (χ2v) is 5.59. The van der Waals surface area contributed by atoms with Gasteiger partial charge in [-0.25, -0.2) is 8.78 Å². The van der Waals surface area contributed by atoms with E-state index in [0.29, 0.717) is 19.0 Å². The van der Waals surface area contributed by atoms with Gasteiger partial charge < -0.3 is 5.73 Å². The van der Waals surface area contributed by atoms with Crippen LogP contribution in [0.25, 0.3) is 0 Å². The van der Waals surface area contributed by atoms with Crippen LogP contribution in [0.3, 0.4) is 0 Å². The van der Waals surface area contributed by atoms with E-state index in [4.69, 9.17) is 5.73 Å². The first kappa shape index (κ1) is 15.5. The molecule has 0 aromatic heterocycles. The smallest absolute Gasteiger partial charge is 0.144 e. The highest BCUT2D eigenvalue weighted by Crippen LogP contribution is 2.23. The lowest BCUT2D eigenvalue weighted by molar-refractivity contribution is 0.236.